The summed E-state index contributed by atoms with van der Waals surface area (Å²) >= 11 is 0. The van der Waals surface area contributed by atoms with Crippen LogP contribution in [-0.2, 0) is 6.54 Å². The van der Waals surface area contributed by atoms with Gasteiger partial charge in [0.1, 0.15) is 17.8 Å². The highest BCUT2D eigenvalue weighted by atomic mass is 19.1. The Hall–Kier alpha value is -2.82. The van der Waals surface area contributed by atoms with Gasteiger partial charge in [-0.1, -0.05) is 12.7 Å². The van der Waals surface area contributed by atoms with E-state index in [9.17, 15) is 8.78 Å². The summed E-state index contributed by atoms with van der Waals surface area (Å²) in [5.41, 5.74) is 6.36. The minimum absolute atomic E-state index is 0.0343. The van der Waals surface area contributed by atoms with Crippen molar-refractivity contribution in [1.29, 1.82) is 0 Å². The van der Waals surface area contributed by atoms with Crippen molar-refractivity contribution in [3.8, 4) is 0 Å². The lowest BCUT2D eigenvalue weighted by Crippen LogP contribution is -2.42. The summed E-state index contributed by atoms with van der Waals surface area (Å²) in [6.07, 6.45) is 6.94. The molecule has 1 heterocycles. The smallest absolute Gasteiger partial charge is 0.124 e. The van der Waals surface area contributed by atoms with Crippen LogP contribution in [0.1, 0.15) is 42.4 Å². The number of hydrogen-bond donors (Lipinski definition) is 2. The van der Waals surface area contributed by atoms with Gasteiger partial charge in [-0.3, -0.25) is 0 Å². The molecule has 0 bridgehead atoms. The average Bonchev–Trinajstić information content (AvgIpc) is 2.71. The molecule has 1 atom stereocenters. The molecule has 0 saturated heterocycles. The molecule has 2 aromatic rings. The minimum Gasteiger partial charge on any atom is -0.381 e. The van der Waals surface area contributed by atoms with Gasteiger partial charge in [0.25, 0.3) is 0 Å². The van der Waals surface area contributed by atoms with Crippen LogP contribution in [0.4, 0.5) is 20.2 Å². The molecular weight excluding hydrogens is 368 g/mol. The Labute approximate surface area is 171 Å². The second-order valence-corrected chi connectivity index (χ2v) is 7.93. The lowest BCUT2D eigenvalue weighted by Gasteiger charge is -2.41. The Morgan fingerprint density at radius 1 is 1.17 bits per heavy atom. The van der Waals surface area contributed by atoms with E-state index < -0.39 is 0 Å². The number of rotatable bonds is 4. The molecule has 2 aromatic carbocycles. The summed E-state index contributed by atoms with van der Waals surface area (Å²) in [4.78, 5) is 2.10. The van der Waals surface area contributed by atoms with Crippen LogP contribution in [-0.4, -0.2) is 18.1 Å². The Morgan fingerprint density at radius 3 is 2.72 bits per heavy atom. The number of allylic oxidation sites excluding steroid dienone is 1. The van der Waals surface area contributed by atoms with Gasteiger partial charge in [0.05, 0.1) is 5.69 Å². The number of nitrogens with zero attached hydrogens (tertiary/aromatic N) is 1. The van der Waals surface area contributed by atoms with E-state index >= 15 is 0 Å². The van der Waals surface area contributed by atoms with Crippen LogP contribution < -0.4 is 10.6 Å². The van der Waals surface area contributed by atoms with Crippen molar-refractivity contribution in [1.82, 2.24) is 4.90 Å². The van der Waals surface area contributed by atoms with E-state index in [1.54, 1.807) is 18.2 Å². The van der Waals surface area contributed by atoms with Gasteiger partial charge in [0.2, 0.25) is 0 Å². The van der Waals surface area contributed by atoms with E-state index in [0.29, 0.717) is 6.54 Å². The van der Waals surface area contributed by atoms with Crippen LogP contribution in [0.5, 0.6) is 0 Å². The fourth-order valence-corrected chi connectivity index (χ4v) is 4.25. The number of fused-ring (bicyclic) bond motifs is 1. The van der Waals surface area contributed by atoms with Gasteiger partial charge < -0.3 is 15.5 Å². The summed E-state index contributed by atoms with van der Waals surface area (Å²) in [5.74, 6) is -0.552. The SMILES string of the molecule is C=C1c2cc(F)cc(CNc3ccc(F)cc3C)c2NC(C2=CCCCC2)N1C. The van der Waals surface area contributed by atoms with Gasteiger partial charge in [-0.25, -0.2) is 8.78 Å². The third-order valence-corrected chi connectivity index (χ3v) is 5.92. The minimum atomic E-state index is -0.289. The highest BCUT2D eigenvalue weighted by molar-refractivity contribution is 5.80. The lowest BCUT2D eigenvalue weighted by atomic mass is 9.93. The van der Waals surface area contributed by atoms with Gasteiger partial charge >= 0.3 is 0 Å². The first-order valence-corrected chi connectivity index (χ1v) is 10.1. The van der Waals surface area contributed by atoms with Crippen molar-refractivity contribution in [3.63, 3.8) is 0 Å². The summed E-state index contributed by atoms with van der Waals surface area (Å²) in [6, 6.07) is 7.73. The molecule has 3 nitrogen and oxygen atoms in total. The second kappa shape index (κ2) is 7.90. The van der Waals surface area contributed by atoms with E-state index in [2.05, 4.69) is 28.2 Å². The predicted molar refractivity (Wildman–Crippen MR) is 116 cm³/mol. The maximum Gasteiger partial charge on any atom is 0.124 e. The Bertz CT molecular complexity index is 980. The molecule has 0 radical (unpaired) electrons. The molecule has 0 aromatic heterocycles. The first-order valence-electron chi connectivity index (χ1n) is 10.1. The molecule has 1 unspecified atom stereocenters. The maximum absolute atomic E-state index is 14.4. The number of hydrogen-bond acceptors (Lipinski definition) is 3. The van der Waals surface area contributed by atoms with E-state index in [0.717, 1.165) is 46.6 Å². The summed E-state index contributed by atoms with van der Waals surface area (Å²) in [6.45, 7) is 6.52. The lowest BCUT2D eigenvalue weighted by molar-refractivity contribution is 0.399. The van der Waals surface area contributed by atoms with E-state index in [-0.39, 0.29) is 17.8 Å². The number of benzene rings is 2. The van der Waals surface area contributed by atoms with Crippen molar-refractivity contribution >= 4 is 17.1 Å². The second-order valence-electron chi connectivity index (χ2n) is 7.93. The number of aryl methyl sites for hydroxylation is 1. The average molecular weight is 395 g/mol. The van der Waals surface area contributed by atoms with Gasteiger partial charge in [-0.2, -0.15) is 0 Å². The first-order chi connectivity index (χ1) is 13.9. The summed E-state index contributed by atoms with van der Waals surface area (Å²) in [5, 5.41) is 6.96. The Morgan fingerprint density at radius 2 is 2.00 bits per heavy atom. The third kappa shape index (κ3) is 3.86. The molecule has 2 N–H and O–H groups in total. The summed E-state index contributed by atoms with van der Waals surface area (Å²) < 4.78 is 27.8. The van der Waals surface area contributed by atoms with Gasteiger partial charge in [-0.15, -0.1) is 0 Å². The molecule has 0 amide bonds. The van der Waals surface area contributed by atoms with Crippen LogP contribution in [0, 0.1) is 18.6 Å². The maximum atomic E-state index is 14.4. The quantitative estimate of drug-likeness (QED) is 0.618. The van der Waals surface area contributed by atoms with Crippen LogP contribution >= 0.6 is 0 Å². The van der Waals surface area contributed by atoms with Crippen LogP contribution in [0.2, 0.25) is 0 Å². The van der Waals surface area contributed by atoms with E-state index in [1.165, 1.54) is 30.5 Å². The molecule has 0 spiro atoms. The van der Waals surface area contributed by atoms with Crippen molar-refractivity contribution in [2.45, 2.75) is 45.3 Å². The van der Waals surface area contributed by atoms with Crippen LogP contribution in [0.3, 0.4) is 0 Å². The zero-order chi connectivity index (χ0) is 20.5. The predicted octanol–water partition coefficient (Wildman–Crippen LogP) is 6.04. The Kier molecular flexibility index (Phi) is 5.31. The molecule has 0 fully saturated rings. The highest BCUT2D eigenvalue weighted by Gasteiger charge is 2.30. The van der Waals surface area contributed by atoms with Crippen LogP contribution in [0.15, 0.2) is 48.6 Å². The molecule has 29 heavy (non-hydrogen) atoms. The largest absolute Gasteiger partial charge is 0.381 e. The topological polar surface area (TPSA) is 27.3 Å². The van der Waals surface area contributed by atoms with Gasteiger partial charge in [-0.05, 0) is 79.6 Å². The van der Waals surface area contributed by atoms with E-state index in [4.69, 9.17) is 0 Å². The normalized spacial score (nSPS) is 18.8. The number of likely N-dealkylation sites (N-methyl/N-ethyl adjacent to an activating group) is 1. The molecule has 152 valence electrons. The fourth-order valence-electron chi connectivity index (χ4n) is 4.25. The van der Waals surface area contributed by atoms with Crippen molar-refractivity contribution in [2.75, 3.05) is 17.7 Å². The summed E-state index contributed by atoms with van der Waals surface area (Å²) in [7, 11) is 2.00. The van der Waals surface area contributed by atoms with Gasteiger partial charge in [0.15, 0.2) is 0 Å². The van der Waals surface area contributed by atoms with Crippen molar-refractivity contribution < 1.29 is 8.78 Å². The molecule has 5 heteroatoms. The van der Waals surface area contributed by atoms with Crippen molar-refractivity contribution in [2.24, 2.45) is 0 Å². The molecule has 1 aliphatic carbocycles. The fraction of sp³-hybridized carbons (Fsp3) is 0.333. The van der Waals surface area contributed by atoms with E-state index in [1.807, 2.05) is 14.0 Å². The number of nitrogens with one attached hydrogen (secondary N) is 2. The van der Waals surface area contributed by atoms with Crippen LogP contribution in [0.25, 0.3) is 5.70 Å². The van der Waals surface area contributed by atoms with Gasteiger partial charge in [0, 0.05) is 30.5 Å². The first kappa shape index (κ1) is 19.5. The standard InChI is InChI=1S/C24H27F2N3/c1-15-11-19(25)9-10-22(15)27-14-18-12-20(26)13-21-16(2)29(3)24(28-23(18)21)17-7-5-4-6-8-17/h7,9-13,24,27-28H,2,4-6,8,14H2,1,3H3. The molecule has 2 aliphatic rings. The zero-order valence-electron chi connectivity index (χ0n) is 17.0. The monoisotopic (exact) mass is 395 g/mol. The third-order valence-electron chi connectivity index (χ3n) is 5.92. The van der Waals surface area contributed by atoms with Crippen molar-refractivity contribution in [3.05, 3.63) is 76.9 Å². The zero-order valence-corrected chi connectivity index (χ0v) is 17.0. The molecule has 1 aliphatic heterocycles. The number of anilines is 2. The highest BCUT2D eigenvalue weighted by Crippen LogP contribution is 2.39. The molecular formula is C24H27F2N3. The Balaban J connectivity index is 1.65. The number of halogens is 2. The molecule has 0 saturated carbocycles. The molecule has 4 rings (SSSR count).